The summed E-state index contributed by atoms with van der Waals surface area (Å²) in [7, 11) is 1.64. The third kappa shape index (κ3) is 5.88. The second-order valence-corrected chi connectivity index (χ2v) is 8.96. The lowest BCUT2D eigenvalue weighted by Crippen LogP contribution is -2.40. The average Bonchev–Trinajstić information content (AvgIpc) is 2.96. The summed E-state index contributed by atoms with van der Waals surface area (Å²) in [5.74, 6) is 1.65. The molecule has 31 heavy (non-hydrogen) atoms. The number of methoxy groups -OCH3 is 1. The van der Waals surface area contributed by atoms with Gasteiger partial charge in [0.25, 0.3) is 0 Å². The van der Waals surface area contributed by atoms with E-state index in [-0.39, 0.29) is 18.1 Å². The Kier molecular flexibility index (Phi) is 7.29. The fraction of sp³-hybridized carbons (Fsp3) is 0.538. The highest BCUT2D eigenvalue weighted by Gasteiger charge is 2.29. The van der Waals surface area contributed by atoms with Crippen LogP contribution in [0.2, 0.25) is 0 Å². The van der Waals surface area contributed by atoms with Gasteiger partial charge in [0, 0.05) is 26.1 Å². The van der Waals surface area contributed by atoms with Crippen molar-refractivity contribution in [2.45, 2.75) is 44.8 Å². The molecule has 2 aliphatic heterocycles. The molecule has 0 radical (unpaired) electrons. The summed E-state index contributed by atoms with van der Waals surface area (Å²) in [6.07, 6.45) is 7.90. The number of likely N-dealkylation sites (tertiary alicyclic amines) is 1. The summed E-state index contributed by atoms with van der Waals surface area (Å²) in [6, 6.07) is 10.8. The van der Waals surface area contributed by atoms with E-state index < -0.39 is 0 Å². The van der Waals surface area contributed by atoms with Gasteiger partial charge in [-0.1, -0.05) is 36.1 Å². The summed E-state index contributed by atoms with van der Waals surface area (Å²) >= 11 is 0. The molecular weight excluding hydrogens is 388 g/mol. The number of hydrogen-bond acceptors (Lipinski definition) is 4. The van der Waals surface area contributed by atoms with Crippen LogP contribution in [0.15, 0.2) is 59.5 Å². The van der Waals surface area contributed by atoms with E-state index >= 15 is 0 Å². The number of amides is 1. The minimum absolute atomic E-state index is 0.00396. The van der Waals surface area contributed by atoms with Crippen molar-refractivity contribution in [2.75, 3.05) is 39.8 Å². The smallest absolute Gasteiger partial charge is 0.224 e. The third-order valence-corrected chi connectivity index (χ3v) is 6.58. The van der Waals surface area contributed by atoms with Gasteiger partial charge in [0.15, 0.2) is 5.76 Å². The molecule has 0 bridgehead atoms. The predicted molar refractivity (Wildman–Crippen MR) is 122 cm³/mol. The van der Waals surface area contributed by atoms with Gasteiger partial charge >= 0.3 is 0 Å². The number of carbonyl (C=O) groups is 1. The van der Waals surface area contributed by atoms with Crippen LogP contribution in [-0.4, -0.2) is 67.7 Å². The minimum Gasteiger partial charge on any atom is -0.489 e. The van der Waals surface area contributed by atoms with Crippen LogP contribution in [0.4, 0.5) is 0 Å². The maximum Gasteiger partial charge on any atom is 0.224 e. The monoisotopic (exact) mass is 422 g/mol. The van der Waals surface area contributed by atoms with E-state index in [1.54, 1.807) is 7.11 Å². The second kappa shape index (κ2) is 10.3. The first kappa shape index (κ1) is 21.9. The molecule has 4 rings (SSSR count). The Morgan fingerprint density at radius 2 is 2.00 bits per heavy atom. The first-order chi connectivity index (χ1) is 15.1. The van der Waals surface area contributed by atoms with Crippen LogP contribution in [0.3, 0.4) is 0 Å². The molecule has 1 unspecified atom stereocenters. The van der Waals surface area contributed by atoms with Crippen molar-refractivity contribution < 1.29 is 14.3 Å². The molecule has 1 amide bonds. The van der Waals surface area contributed by atoms with Gasteiger partial charge in [-0.05, 0) is 68.5 Å². The van der Waals surface area contributed by atoms with Gasteiger partial charge in [-0.25, -0.2) is 0 Å². The fourth-order valence-corrected chi connectivity index (χ4v) is 4.79. The molecule has 0 spiro atoms. The summed E-state index contributed by atoms with van der Waals surface area (Å²) in [5.41, 5.74) is 5.61. The van der Waals surface area contributed by atoms with Gasteiger partial charge in [-0.2, -0.15) is 0 Å². The van der Waals surface area contributed by atoms with Crippen molar-refractivity contribution in [3.05, 3.63) is 65.1 Å². The standard InChI is InChI=1S/C26H34N2O3/c1-20-18-28(19-23-17-24(30-2)8-9-25(23)31-20)26(29)12-15-27-13-10-22(11-14-27)16-21-6-4-3-5-7-21/h3-7,9,17,20,22,25H,10-16,18-19H2,1-2H3/t20-,25?/m0/s1. The minimum atomic E-state index is -0.115. The van der Waals surface area contributed by atoms with Crippen LogP contribution in [0.25, 0.3) is 0 Å². The second-order valence-electron chi connectivity index (χ2n) is 8.96. The molecule has 166 valence electrons. The van der Waals surface area contributed by atoms with Gasteiger partial charge in [-0.15, -0.1) is 0 Å². The zero-order chi connectivity index (χ0) is 21.6. The summed E-state index contributed by atoms with van der Waals surface area (Å²) in [5, 5.41) is 0. The molecule has 1 aromatic rings. The molecule has 2 fully saturated rings. The highest BCUT2D eigenvalue weighted by Crippen LogP contribution is 2.24. The maximum atomic E-state index is 13.0. The predicted octanol–water partition coefficient (Wildman–Crippen LogP) is 3.57. The lowest BCUT2D eigenvalue weighted by atomic mass is 9.90. The maximum absolute atomic E-state index is 13.0. The van der Waals surface area contributed by atoms with Crippen molar-refractivity contribution in [1.29, 1.82) is 0 Å². The van der Waals surface area contributed by atoms with Gasteiger partial charge in [-0.3, -0.25) is 4.79 Å². The van der Waals surface area contributed by atoms with Crippen LogP contribution in [0, 0.1) is 5.92 Å². The molecule has 2 saturated heterocycles. The molecule has 5 heteroatoms. The highest BCUT2D eigenvalue weighted by molar-refractivity contribution is 5.77. The van der Waals surface area contributed by atoms with E-state index in [2.05, 4.69) is 41.0 Å². The van der Waals surface area contributed by atoms with Crippen LogP contribution in [0.5, 0.6) is 0 Å². The van der Waals surface area contributed by atoms with E-state index in [0.717, 1.165) is 31.1 Å². The number of ether oxygens (including phenoxy) is 2. The molecule has 1 aromatic carbocycles. The van der Waals surface area contributed by atoms with Crippen LogP contribution in [0.1, 0.15) is 31.7 Å². The molecule has 0 aromatic heterocycles. The number of carbonyl (C=O) groups excluding carboxylic acids is 1. The summed E-state index contributed by atoms with van der Waals surface area (Å²) < 4.78 is 11.4. The molecule has 2 atom stereocenters. The number of nitrogens with zero attached hydrogens (tertiary/aromatic N) is 2. The van der Waals surface area contributed by atoms with Crippen molar-refractivity contribution in [3.8, 4) is 0 Å². The largest absolute Gasteiger partial charge is 0.489 e. The molecule has 5 nitrogen and oxygen atoms in total. The Balaban J connectivity index is 1.25. The van der Waals surface area contributed by atoms with E-state index in [9.17, 15) is 4.79 Å². The number of fused-ring (bicyclic) bond motifs is 1. The van der Waals surface area contributed by atoms with Crippen molar-refractivity contribution in [2.24, 2.45) is 5.92 Å². The van der Waals surface area contributed by atoms with Crippen LogP contribution in [-0.2, 0) is 20.7 Å². The van der Waals surface area contributed by atoms with Crippen molar-refractivity contribution in [3.63, 3.8) is 0 Å². The summed E-state index contributed by atoms with van der Waals surface area (Å²) in [6.45, 7) is 6.27. The molecular formula is C26H34N2O3. The van der Waals surface area contributed by atoms with E-state index in [1.807, 2.05) is 24.0 Å². The molecule has 0 saturated carbocycles. The Morgan fingerprint density at radius 3 is 2.74 bits per heavy atom. The Morgan fingerprint density at radius 1 is 1.23 bits per heavy atom. The Labute approximate surface area is 186 Å². The number of hydrogen-bond donors (Lipinski definition) is 0. The zero-order valence-corrected chi connectivity index (χ0v) is 18.8. The summed E-state index contributed by atoms with van der Waals surface area (Å²) in [4.78, 5) is 17.4. The quantitative estimate of drug-likeness (QED) is 0.658. The molecule has 3 aliphatic rings. The lowest BCUT2D eigenvalue weighted by Gasteiger charge is -2.32. The SMILES string of the molecule is COC1=C=CC2O[C@@H](C)CN(C(=O)CCN3CCC(Cc4ccccc4)CC3)CC2=C1. The van der Waals surface area contributed by atoms with E-state index in [1.165, 1.54) is 24.8 Å². The van der Waals surface area contributed by atoms with Crippen LogP contribution < -0.4 is 0 Å². The van der Waals surface area contributed by atoms with E-state index in [0.29, 0.717) is 25.3 Å². The number of piperidine rings is 1. The number of benzene rings is 1. The van der Waals surface area contributed by atoms with Crippen molar-refractivity contribution >= 4 is 5.91 Å². The highest BCUT2D eigenvalue weighted by atomic mass is 16.5. The van der Waals surface area contributed by atoms with E-state index in [4.69, 9.17) is 9.47 Å². The molecule has 0 N–H and O–H groups in total. The molecule has 1 aliphatic carbocycles. The van der Waals surface area contributed by atoms with Gasteiger partial charge in [0.05, 0.1) is 13.2 Å². The fourth-order valence-electron chi connectivity index (χ4n) is 4.79. The average molecular weight is 423 g/mol. The van der Waals surface area contributed by atoms with Gasteiger partial charge in [0.2, 0.25) is 5.91 Å². The normalized spacial score (nSPS) is 24.8. The number of rotatable bonds is 6. The molecule has 2 heterocycles. The topological polar surface area (TPSA) is 42.0 Å². The lowest BCUT2D eigenvalue weighted by molar-refractivity contribution is -0.132. The zero-order valence-electron chi connectivity index (χ0n) is 18.8. The van der Waals surface area contributed by atoms with Gasteiger partial charge in [0.1, 0.15) is 6.10 Å². The Hall–Kier alpha value is -2.33. The van der Waals surface area contributed by atoms with Crippen molar-refractivity contribution in [1.82, 2.24) is 9.80 Å². The first-order valence-corrected chi connectivity index (χ1v) is 11.5. The third-order valence-electron chi connectivity index (χ3n) is 6.58. The van der Waals surface area contributed by atoms with Crippen LogP contribution >= 0.6 is 0 Å². The Bertz CT molecular complexity index is 849. The first-order valence-electron chi connectivity index (χ1n) is 11.5. The van der Waals surface area contributed by atoms with Gasteiger partial charge < -0.3 is 19.3 Å².